The Morgan fingerprint density at radius 2 is 1.87 bits per heavy atom. The molecule has 0 aliphatic carbocycles. The molecule has 130 valence electrons. The third-order valence-corrected chi connectivity index (χ3v) is 6.25. The lowest BCUT2D eigenvalue weighted by atomic mass is 9.92. The molecule has 23 heavy (non-hydrogen) atoms. The number of halogens is 2. The van der Waals surface area contributed by atoms with Gasteiger partial charge in [-0.15, -0.1) is 0 Å². The van der Waals surface area contributed by atoms with E-state index in [2.05, 4.69) is 23.5 Å². The van der Waals surface area contributed by atoms with Crippen molar-refractivity contribution < 1.29 is 8.42 Å². The molecule has 0 spiro atoms. The number of rotatable bonds is 6. The van der Waals surface area contributed by atoms with Crippen molar-refractivity contribution in [3.05, 3.63) is 28.2 Å². The van der Waals surface area contributed by atoms with Gasteiger partial charge in [0.05, 0.1) is 5.02 Å². The maximum atomic E-state index is 12.3. The number of likely N-dealkylation sites (tertiary alicyclic amines) is 1. The normalized spacial score (nSPS) is 23.1. The van der Waals surface area contributed by atoms with Crippen LogP contribution in [-0.4, -0.2) is 39.5 Å². The van der Waals surface area contributed by atoms with Gasteiger partial charge >= 0.3 is 0 Å². The molecule has 1 heterocycles. The van der Waals surface area contributed by atoms with Crippen LogP contribution in [0.1, 0.15) is 26.7 Å². The molecule has 0 amide bonds. The summed E-state index contributed by atoms with van der Waals surface area (Å²) in [6.07, 6.45) is 2.05. The maximum Gasteiger partial charge on any atom is 0.242 e. The van der Waals surface area contributed by atoms with Crippen LogP contribution < -0.4 is 4.72 Å². The van der Waals surface area contributed by atoms with Crippen LogP contribution in [0, 0.1) is 11.8 Å². The molecule has 1 N–H and O–H groups in total. The van der Waals surface area contributed by atoms with Crippen molar-refractivity contribution >= 4 is 33.2 Å². The largest absolute Gasteiger partial charge is 0.303 e. The van der Waals surface area contributed by atoms with Gasteiger partial charge in [0.2, 0.25) is 10.0 Å². The molecule has 7 heteroatoms. The predicted molar refractivity (Wildman–Crippen MR) is 95.7 cm³/mol. The molecule has 2 rings (SSSR count). The van der Waals surface area contributed by atoms with Gasteiger partial charge in [0.25, 0.3) is 0 Å². The van der Waals surface area contributed by atoms with Crippen LogP contribution in [0.5, 0.6) is 0 Å². The molecule has 4 nitrogen and oxygen atoms in total. The third kappa shape index (κ3) is 5.61. The zero-order chi connectivity index (χ0) is 17.0. The van der Waals surface area contributed by atoms with Gasteiger partial charge in [-0.1, -0.05) is 37.0 Å². The molecular formula is C16H24Cl2N2O2S. The Labute approximate surface area is 149 Å². The van der Waals surface area contributed by atoms with Gasteiger partial charge in [-0.3, -0.25) is 0 Å². The summed E-state index contributed by atoms with van der Waals surface area (Å²) in [5, 5.41) is 0.534. The predicted octanol–water partition coefficient (Wildman–Crippen LogP) is 3.64. The van der Waals surface area contributed by atoms with Crippen LogP contribution in [0.2, 0.25) is 10.0 Å². The number of hydrogen-bond donors (Lipinski definition) is 1. The molecule has 1 aliphatic heterocycles. The minimum Gasteiger partial charge on any atom is -0.303 e. The first kappa shape index (κ1) is 19.0. The first-order valence-electron chi connectivity index (χ1n) is 7.95. The Kier molecular flexibility index (Phi) is 6.75. The van der Waals surface area contributed by atoms with E-state index in [1.165, 1.54) is 18.6 Å². The van der Waals surface area contributed by atoms with Crippen LogP contribution in [0.25, 0.3) is 0 Å². The summed E-state index contributed by atoms with van der Waals surface area (Å²) in [6, 6.07) is 4.44. The summed E-state index contributed by atoms with van der Waals surface area (Å²) in [5.74, 6) is 1.42. The molecule has 0 bridgehead atoms. The van der Waals surface area contributed by atoms with E-state index in [1.54, 1.807) is 6.07 Å². The molecule has 1 fully saturated rings. The number of hydrogen-bond acceptors (Lipinski definition) is 3. The standard InChI is InChI=1S/C16H24Cl2N2O2S/c1-12-8-13(2)11-20(10-12)7-3-6-19-23(21,22)16-9-14(17)4-5-15(16)18/h4-5,9,12-13,19H,3,6-8,10-11H2,1-2H3/t12-,13-/m1/s1. The second kappa shape index (κ2) is 8.17. The van der Waals surface area contributed by atoms with Crippen molar-refractivity contribution in [2.75, 3.05) is 26.2 Å². The van der Waals surface area contributed by atoms with Gasteiger partial charge in [0.15, 0.2) is 0 Å². The van der Waals surface area contributed by atoms with Crippen LogP contribution in [0.4, 0.5) is 0 Å². The van der Waals surface area contributed by atoms with Crippen molar-refractivity contribution in [2.24, 2.45) is 11.8 Å². The van der Waals surface area contributed by atoms with Crippen molar-refractivity contribution in [1.29, 1.82) is 0 Å². The average molecular weight is 379 g/mol. The zero-order valence-electron chi connectivity index (χ0n) is 13.6. The number of nitrogens with zero attached hydrogens (tertiary/aromatic N) is 1. The van der Waals surface area contributed by atoms with Crippen LogP contribution in [-0.2, 0) is 10.0 Å². The second-order valence-corrected chi connectivity index (χ2v) is 9.11. The number of sulfonamides is 1. The molecule has 0 unspecified atom stereocenters. The first-order valence-corrected chi connectivity index (χ1v) is 10.2. The molecule has 0 aromatic heterocycles. The highest BCUT2D eigenvalue weighted by atomic mass is 35.5. The van der Waals surface area contributed by atoms with Gasteiger partial charge in [0, 0.05) is 24.7 Å². The average Bonchev–Trinajstić information content (AvgIpc) is 2.45. The number of nitrogens with one attached hydrogen (secondary N) is 1. The maximum absolute atomic E-state index is 12.3. The quantitative estimate of drug-likeness (QED) is 0.768. The summed E-state index contributed by atoms with van der Waals surface area (Å²) >= 11 is 11.8. The summed E-state index contributed by atoms with van der Waals surface area (Å²) in [7, 11) is -3.62. The summed E-state index contributed by atoms with van der Waals surface area (Å²) in [6.45, 7) is 8.03. The van der Waals surface area contributed by atoms with E-state index >= 15 is 0 Å². The summed E-state index contributed by atoms with van der Waals surface area (Å²) in [4.78, 5) is 2.45. The fraction of sp³-hybridized carbons (Fsp3) is 0.625. The Balaban J connectivity index is 1.84. The highest BCUT2D eigenvalue weighted by Gasteiger charge is 2.22. The van der Waals surface area contributed by atoms with E-state index in [0.717, 1.165) is 26.1 Å². The Hall–Kier alpha value is -0.330. The van der Waals surface area contributed by atoms with E-state index < -0.39 is 10.0 Å². The topological polar surface area (TPSA) is 49.4 Å². The minimum absolute atomic E-state index is 0.0342. The Bertz CT molecular complexity index is 627. The molecular weight excluding hydrogens is 355 g/mol. The number of benzene rings is 1. The van der Waals surface area contributed by atoms with Crippen molar-refractivity contribution in [2.45, 2.75) is 31.6 Å². The van der Waals surface area contributed by atoms with E-state index in [-0.39, 0.29) is 9.92 Å². The molecule has 0 saturated carbocycles. The second-order valence-electron chi connectivity index (χ2n) is 6.53. The van der Waals surface area contributed by atoms with Gasteiger partial charge in [-0.25, -0.2) is 13.1 Å². The third-order valence-electron chi connectivity index (χ3n) is 4.07. The van der Waals surface area contributed by atoms with Gasteiger partial charge in [-0.05, 0) is 49.4 Å². The van der Waals surface area contributed by atoms with E-state index in [1.807, 2.05) is 0 Å². The molecule has 2 atom stereocenters. The monoisotopic (exact) mass is 378 g/mol. The molecule has 1 aromatic carbocycles. The lowest BCUT2D eigenvalue weighted by molar-refractivity contribution is 0.140. The van der Waals surface area contributed by atoms with Crippen molar-refractivity contribution in [1.82, 2.24) is 9.62 Å². The molecule has 0 radical (unpaired) electrons. The van der Waals surface area contributed by atoms with Crippen LogP contribution in [0.3, 0.4) is 0 Å². The van der Waals surface area contributed by atoms with Crippen molar-refractivity contribution in [3.63, 3.8) is 0 Å². The fourth-order valence-corrected chi connectivity index (χ4v) is 5.08. The fourth-order valence-electron chi connectivity index (χ4n) is 3.24. The smallest absolute Gasteiger partial charge is 0.242 e. The van der Waals surface area contributed by atoms with Crippen molar-refractivity contribution in [3.8, 4) is 0 Å². The van der Waals surface area contributed by atoms with Gasteiger partial charge in [0.1, 0.15) is 4.90 Å². The first-order chi connectivity index (χ1) is 10.8. The highest BCUT2D eigenvalue weighted by Crippen LogP contribution is 2.25. The Morgan fingerprint density at radius 3 is 2.52 bits per heavy atom. The van der Waals surface area contributed by atoms with E-state index in [9.17, 15) is 8.42 Å². The molecule has 1 aromatic rings. The minimum atomic E-state index is -3.62. The number of piperidine rings is 1. The van der Waals surface area contributed by atoms with Gasteiger partial charge < -0.3 is 4.90 Å². The summed E-state index contributed by atoms with van der Waals surface area (Å²) < 4.78 is 27.2. The van der Waals surface area contributed by atoms with Crippen LogP contribution in [0.15, 0.2) is 23.1 Å². The van der Waals surface area contributed by atoms with Gasteiger partial charge in [-0.2, -0.15) is 0 Å². The zero-order valence-corrected chi connectivity index (χ0v) is 15.9. The lowest BCUT2D eigenvalue weighted by Gasteiger charge is -2.34. The molecule has 1 saturated heterocycles. The molecule has 1 aliphatic rings. The van der Waals surface area contributed by atoms with Crippen LogP contribution >= 0.6 is 23.2 Å². The Morgan fingerprint density at radius 1 is 1.22 bits per heavy atom. The van der Waals surface area contributed by atoms with E-state index in [0.29, 0.717) is 23.4 Å². The lowest BCUT2D eigenvalue weighted by Crippen LogP contribution is -2.40. The summed E-state index contributed by atoms with van der Waals surface area (Å²) in [5.41, 5.74) is 0. The highest BCUT2D eigenvalue weighted by molar-refractivity contribution is 7.89. The SMILES string of the molecule is C[C@@H]1C[C@@H](C)CN(CCCNS(=O)(=O)c2cc(Cl)ccc2Cl)C1. The van der Waals surface area contributed by atoms with E-state index in [4.69, 9.17) is 23.2 Å².